The number of ketones is 1. The third-order valence-corrected chi connectivity index (χ3v) is 2.81. The van der Waals surface area contributed by atoms with E-state index < -0.39 is 0 Å². The van der Waals surface area contributed by atoms with Crippen LogP contribution in [-0.4, -0.2) is 5.78 Å². The lowest BCUT2D eigenvalue weighted by Gasteiger charge is -2.06. The largest absolute Gasteiger partial charge is 0.294 e. The van der Waals surface area contributed by atoms with Crippen molar-refractivity contribution in [2.45, 2.75) is 13.3 Å². The second-order valence-electron chi connectivity index (χ2n) is 4.26. The number of nitriles is 1. The van der Waals surface area contributed by atoms with Crippen molar-refractivity contribution in [3.63, 3.8) is 0 Å². The summed E-state index contributed by atoms with van der Waals surface area (Å²) < 4.78 is 0. The van der Waals surface area contributed by atoms with Crippen molar-refractivity contribution in [3.05, 3.63) is 53.6 Å². The van der Waals surface area contributed by atoms with Crippen LogP contribution in [0.4, 0.5) is 0 Å². The van der Waals surface area contributed by atoms with E-state index in [4.69, 9.17) is 5.26 Å². The molecule has 0 heterocycles. The van der Waals surface area contributed by atoms with Crippen molar-refractivity contribution in [1.82, 2.24) is 0 Å². The highest BCUT2D eigenvalue weighted by Gasteiger charge is 2.16. The predicted molar refractivity (Wildman–Crippen MR) is 67.1 cm³/mol. The van der Waals surface area contributed by atoms with E-state index in [1.165, 1.54) is 0 Å². The zero-order valence-corrected chi connectivity index (χ0v) is 9.68. The predicted octanol–water partition coefficient (Wildman–Crippen LogP) is 3.11. The molecule has 0 N–H and O–H groups in total. The number of Topliss-reactive ketones (excluding diaryl/α,β-unsaturated/α-hetero) is 1. The molecule has 84 valence electrons. The molecule has 1 unspecified atom stereocenters. The van der Waals surface area contributed by atoms with Crippen molar-refractivity contribution >= 4 is 11.4 Å². The molecule has 0 radical (unpaired) electrons. The zero-order valence-electron chi connectivity index (χ0n) is 9.68. The minimum absolute atomic E-state index is 0.137. The molecule has 0 aliphatic heterocycles. The molecule has 2 nitrogen and oxygen atoms in total. The van der Waals surface area contributed by atoms with Gasteiger partial charge in [0.25, 0.3) is 0 Å². The van der Waals surface area contributed by atoms with Gasteiger partial charge in [0.05, 0.1) is 11.6 Å². The third kappa shape index (κ3) is 2.51. The van der Waals surface area contributed by atoms with Crippen LogP contribution in [0.15, 0.2) is 42.5 Å². The topological polar surface area (TPSA) is 40.9 Å². The molecule has 1 aromatic carbocycles. The van der Waals surface area contributed by atoms with Crippen molar-refractivity contribution in [1.29, 1.82) is 5.26 Å². The van der Waals surface area contributed by atoms with Gasteiger partial charge in [0.15, 0.2) is 5.78 Å². The number of nitrogens with zero attached hydrogens (tertiary/aromatic N) is 1. The molecule has 0 fully saturated rings. The maximum absolute atomic E-state index is 12.0. The fourth-order valence-electron chi connectivity index (χ4n) is 1.92. The summed E-state index contributed by atoms with van der Waals surface area (Å²) in [6.07, 6.45) is 6.31. The zero-order chi connectivity index (χ0) is 12.3. The van der Waals surface area contributed by atoms with Crippen LogP contribution < -0.4 is 0 Å². The molecule has 0 aromatic heterocycles. The highest BCUT2D eigenvalue weighted by Crippen LogP contribution is 2.23. The fourth-order valence-corrected chi connectivity index (χ4v) is 1.92. The van der Waals surface area contributed by atoms with E-state index in [2.05, 4.69) is 6.07 Å². The average molecular weight is 223 g/mol. The van der Waals surface area contributed by atoms with Crippen LogP contribution >= 0.6 is 0 Å². The number of carbonyl (C=O) groups excluding carboxylic acids is 1. The van der Waals surface area contributed by atoms with Gasteiger partial charge >= 0.3 is 0 Å². The first kappa shape index (κ1) is 11.3. The van der Waals surface area contributed by atoms with Gasteiger partial charge in [-0.25, -0.2) is 0 Å². The molecule has 0 saturated carbocycles. The first-order valence-corrected chi connectivity index (χ1v) is 5.63. The van der Waals surface area contributed by atoms with Crippen molar-refractivity contribution in [3.8, 4) is 6.07 Å². The van der Waals surface area contributed by atoms with E-state index >= 15 is 0 Å². The van der Waals surface area contributed by atoms with E-state index in [-0.39, 0.29) is 11.7 Å². The molecule has 0 bridgehead atoms. The number of hydrogen-bond donors (Lipinski definition) is 0. The summed E-state index contributed by atoms with van der Waals surface area (Å²) in [5.74, 6) is 0.410. The summed E-state index contributed by atoms with van der Waals surface area (Å²) in [6, 6.07) is 9.26. The van der Waals surface area contributed by atoms with Gasteiger partial charge in [0.2, 0.25) is 0 Å². The first-order chi connectivity index (χ1) is 8.20. The molecule has 1 aliphatic carbocycles. The average Bonchev–Trinajstić information content (AvgIpc) is 2.50. The lowest BCUT2D eigenvalue weighted by atomic mass is 9.96. The Morgan fingerprint density at radius 1 is 1.41 bits per heavy atom. The van der Waals surface area contributed by atoms with Crippen LogP contribution in [-0.2, 0) is 4.79 Å². The van der Waals surface area contributed by atoms with Crippen LogP contribution in [0.2, 0.25) is 0 Å². The Balaban J connectivity index is 2.40. The molecule has 1 aliphatic rings. The quantitative estimate of drug-likeness (QED) is 0.734. The minimum atomic E-state index is 0.137. The van der Waals surface area contributed by atoms with Crippen molar-refractivity contribution in [2.24, 2.45) is 5.92 Å². The SMILES string of the molecule is CC1C=CC=C(c2cccc(C#N)c2)C(=O)C1. The summed E-state index contributed by atoms with van der Waals surface area (Å²) in [6.45, 7) is 2.02. The van der Waals surface area contributed by atoms with Crippen LogP contribution in [0.3, 0.4) is 0 Å². The van der Waals surface area contributed by atoms with Gasteiger partial charge in [-0.3, -0.25) is 4.79 Å². The van der Waals surface area contributed by atoms with E-state index in [0.717, 1.165) is 5.56 Å². The highest BCUT2D eigenvalue weighted by atomic mass is 16.1. The van der Waals surface area contributed by atoms with Crippen molar-refractivity contribution in [2.75, 3.05) is 0 Å². The fraction of sp³-hybridized carbons (Fsp3) is 0.200. The Bertz CT molecular complexity index is 546. The van der Waals surface area contributed by atoms with Crippen LogP contribution in [0.1, 0.15) is 24.5 Å². The molecule has 0 saturated heterocycles. The normalized spacial score (nSPS) is 19.4. The maximum Gasteiger partial charge on any atom is 0.164 e. The standard InChI is InChI=1S/C15H13NO/c1-11-4-2-7-14(15(17)8-11)13-6-3-5-12(9-13)10-16/h2-7,9,11H,8H2,1H3. The number of rotatable bonds is 1. The molecule has 1 aromatic rings. The molecular formula is C15H13NO. The van der Waals surface area contributed by atoms with E-state index in [1.807, 2.05) is 31.2 Å². The summed E-state index contributed by atoms with van der Waals surface area (Å²) in [4.78, 5) is 12.0. The van der Waals surface area contributed by atoms with E-state index in [9.17, 15) is 4.79 Å². The second-order valence-corrected chi connectivity index (χ2v) is 4.26. The third-order valence-electron chi connectivity index (χ3n) is 2.81. The number of hydrogen-bond acceptors (Lipinski definition) is 2. The van der Waals surface area contributed by atoms with Crippen LogP contribution in [0.25, 0.3) is 5.57 Å². The van der Waals surface area contributed by atoms with Gasteiger partial charge in [-0.15, -0.1) is 0 Å². The smallest absolute Gasteiger partial charge is 0.164 e. The lowest BCUT2D eigenvalue weighted by molar-refractivity contribution is -0.114. The minimum Gasteiger partial charge on any atom is -0.294 e. The van der Waals surface area contributed by atoms with Gasteiger partial charge in [0, 0.05) is 12.0 Å². The molecular weight excluding hydrogens is 210 g/mol. The van der Waals surface area contributed by atoms with Gasteiger partial charge < -0.3 is 0 Å². The molecule has 17 heavy (non-hydrogen) atoms. The monoisotopic (exact) mass is 223 g/mol. The summed E-state index contributed by atoms with van der Waals surface area (Å²) in [5, 5.41) is 8.86. The lowest BCUT2D eigenvalue weighted by Crippen LogP contribution is -2.04. The number of allylic oxidation sites excluding steroid dienone is 4. The number of carbonyl (C=O) groups is 1. The summed E-state index contributed by atoms with van der Waals surface area (Å²) in [7, 11) is 0. The van der Waals surface area contributed by atoms with Gasteiger partial charge in [-0.2, -0.15) is 5.26 Å². The molecule has 0 spiro atoms. The first-order valence-electron chi connectivity index (χ1n) is 5.63. The van der Waals surface area contributed by atoms with E-state index in [1.54, 1.807) is 18.2 Å². The van der Waals surface area contributed by atoms with Gasteiger partial charge in [-0.1, -0.05) is 37.3 Å². The molecule has 1 atom stereocenters. The Labute approximate surface area is 101 Å². The maximum atomic E-state index is 12.0. The Kier molecular flexibility index (Phi) is 3.20. The molecule has 2 heteroatoms. The van der Waals surface area contributed by atoms with Crippen LogP contribution in [0, 0.1) is 17.2 Å². The Hall–Kier alpha value is -2.14. The molecule has 2 rings (SSSR count). The summed E-state index contributed by atoms with van der Waals surface area (Å²) in [5.41, 5.74) is 2.10. The Morgan fingerprint density at radius 2 is 2.24 bits per heavy atom. The van der Waals surface area contributed by atoms with Gasteiger partial charge in [-0.05, 0) is 23.6 Å². The number of benzene rings is 1. The van der Waals surface area contributed by atoms with Crippen LogP contribution in [0.5, 0.6) is 0 Å². The molecule has 0 amide bonds. The summed E-state index contributed by atoms with van der Waals surface area (Å²) >= 11 is 0. The second kappa shape index (κ2) is 4.80. The Morgan fingerprint density at radius 3 is 3.00 bits per heavy atom. The van der Waals surface area contributed by atoms with Crippen molar-refractivity contribution < 1.29 is 4.79 Å². The highest BCUT2D eigenvalue weighted by molar-refractivity contribution is 6.21. The van der Waals surface area contributed by atoms with E-state index in [0.29, 0.717) is 17.6 Å². The van der Waals surface area contributed by atoms with Gasteiger partial charge in [0.1, 0.15) is 0 Å².